The fraction of sp³-hybridized carbons (Fsp3) is 0.864. The largest absolute Gasteiger partial charge is 0.466 e. The van der Waals surface area contributed by atoms with Gasteiger partial charge in [0.2, 0.25) is 5.91 Å². The highest BCUT2D eigenvalue weighted by molar-refractivity contribution is 5.80. The summed E-state index contributed by atoms with van der Waals surface area (Å²) in [6.45, 7) is 12.8. The van der Waals surface area contributed by atoms with Gasteiger partial charge in [0, 0.05) is 25.6 Å². The summed E-state index contributed by atoms with van der Waals surface area (Å²) in [6, 6.07) is -0.197. The number of nitrogens with one attached hydrogen (secondary N) is 1. The maximum Gasteiger partial charge on any atom is 0.407 e. The molecule has 0 aromatic carbocycles. The molecule has 1 aliphatic carbocycles. The second-order valence-electron chi connectivity index (χ2n) is 8.96. The fourth-order valence-corrected chi connectivity index (χ4v) is 3.70. The monoisotopic (exact) mass is 412 g/mol. The number of alkyl carbamates (subject to hydrolysis) is 1. The average Bonchev–Trinajstić information content (AvgIpc) is 2.61. The van der Waals surface area contributed by atoms with Crippen LogP contribution in [-0.4, -0.2) is 54.2 Å². The minimum Gasteiger partial charge on any atom is -0.466 e. The van der Waals surface area contributed by atoms with Crippen molar-refractivity contribution in [1.82, 2.24) is 10.2 Å². The van der Waals surface area contributed by atoms with Crippen LogP contribution in [-0.2, 0) is 19.1 Å². The Kier molecular flexibility index (Phi) is 10.5. The van der Waals surface area contributed by atoms with Gasteiger partial charge in [-0.1, -0.05) is 19.8 Å². The van der Waals surface area contributed by atoms with E-state index >= 15 is 0 Å². The normalized spacial score (nSPS) is 20.5. The number of esters is 1. The Bertz CT molecular complexity index is 544. The van der Waals surface area contributed by atoms with Crippen LogP contribution in [0.2, 0.25) is 0 Å². The Labute approximate surface area is 175 Å². The Hall–Kier alpha value is -1.79. The topological polar surface area (TPSA) is 84.9 Å². The predicted molar refractivity (Wildman–Crippen MR) is 112 cm³/mol. The Balaban J connectivity index is 2.65. The Morgan fingerprint density at radius 1 is 1.14 bits per heavy atom. The zero-order valence-electron chi connectivity index (χ0n) is 19.1. The van der Waals surface area contributed by atoms with E-state index in [0.29, 0.717) is 26.1 Å². The molecule has 0 aromatic heterocycles. The van der Waals surface area contributed by atoms with E-state index in [9.17, 15) is 14.4 Å². The number of nitrogens with zero attached hydrogens (tertiary/aromatic N) is 1. The Morgan fingerprint density at radius 2 is 1.79 bits per heavy atom. The minimum absolute atomic E-state index is 0.0802. The molecule has 0 heterocycles. The van der Waals surface area contributed by atoms with Crippen molar-refractivity contribution in [2.45, 2.75) is 91.7 Å². The lowest BCUT2D eigenvalue weighted by Crippen LogP contribution is -2.50. The van der Waals surface area contributed by atoms with Gasteiger partial charge in [-0.25, -0.2) is 4.79 Å². The third-order valence-electron chi connectivity index (χ3n) is 5.19. The molecule has 0 aliphatic heterocycles. The molecule has 0 saturated heterocycles. The third-order valence-corrected chi connectivity index (χ3v) is 5.19. The predicted octanol–water partition coefficient (Wildman–Crippen LogP) is 3.90. The van der Waals surface area contributed by atoms with Crippen molar-refractivity contribution >= 4 is 18.0 Å². The molecule has 3 unspecified atom stereocenters. The molecule has 29 heavy (non-hydrogen) atoms. The number of carbonyl (C=O) groups excluding carboxylic acids is 3. The molecule has 7 nitrogen and oxygen atoms in total. The van der Waals surface area contributed by atoms with Crippen molar-refractivity contribution in [3.8, 4) is 0 Å². The first kappa shape index (κ1) is 25.2. The van der Waals surface area contributed by atoms with Gasteiger partial charge >= 0.3 is 12.1 Å². The van der Waals surface area contributed by atoms with Gasteiger partial charge in [0.05, 0.1) is 12.5 Å². The molecule has 3 atom stereocenters. The van der Waals surface area contributed by atoms with Crippen molar-refractivity contribution in [1.29, 1.82) is 0 Å². The zero-order chi connectivity index (χ0) is 22.0. The molecular formula is C22H40N2O5. The molecule has 1 fully saturated rings. The highest BCUT2D eigenvalue weighted by Crippen LogP contribution is 2.27. The smallest absolute Gasteiger partial charge is 0.407 e. The molecule has 2 amide bonds. The van der Waals surface area contributed by atoms with Gasteiger partial charge in [0.15, 0.2) is 0 Å². The van der Waals surface area contributed by atoms with Crippen LogP contribution in [0.15, 0.2) is 0 Å². The van der Waals surface area contributed by atoms with E-state index in [1.165, 1.54) is 0 Å². The number of hydrogen-bond donors (Lipinski definition) is 1. The second-order valence-corrected chi connectivity index (χ2v) is 8.96. The molecule has 1 aliphatic rings. The maximum absolute atomic E-state index is 13.2. The first-order valence-electron chi connectivity index (χ1n) is 11.0. The number of amides is 2. The highest BCUT2D eigenvalue weighted by Gasteiger charge is 2.35. The van der Waals surface area contributed by atoms with Crippen LogP contribution in [0.4, 0.5) is 4.79 Å². The van der Waals surface area contributed by atoms with Crippen LogP contribution in [0, 0.1) is 11.8 Å². The molecular weight excluding hydrogens is 372 g/mol. The van der Waals surface area contributed by atoms with Crippen molar-refractivity contribution in [3.05, 3.63) is 0 Å². The molecule has 1 rings (SSSR count). The van der Waals surface area contributed by atoms with Gasteiger partial charge in [-0.05, 0) is 59.8 Å². The lowest BCUT2D eigenvalue weighted by molar-refractivity contribution is -0.144. The first-order valence-corrected chi connectivity index (χ1v) is 11.0. The van der Waals surface area contributed by atoms with E-state index < -0.39 is 11.7 Å². The van der Waals surface area contributed by atoms with E-state index in [1.807, 2.05) is 39.5 Å². The quantitative estimate of drug-likeness (QED) is 0.581. The molecule has 0 bridgehead atoms. The van der Waals surface area contributed by atoms with E-state index in [0.717, 1.165) is 32.1 Å². The lowest BCUT2D eigenvalue weighted by atomic mass is 9.83. The summed E-state index contributed by atoms with van der Waals surface area (Å²) < 4.78 is 10.4. The molecule has 0 spiro atoms. The van der Waals surface area contributed by atoms with E-state index in [2.05, 4.69) is 5.32 Å². The summed E-state index contributed by atoms with van der Waals surface area (Å²) in [5.74, 6) is -0.186. The fourth-order valence-electron chi connectivity index (χ4n) is 3.70. The minimum atomic E-state index is -0.567. The van der Waals surface area contributed by atoms with Crippen LogP contribution < -0.4 is 5.32 Å². The summed E-state index contributed by atoms with van der Waals surface area (Å²) in [5, 5.41) is 2.92. The molecule has 1 saturated carbocycles. The summed E-state index contributed by atoms with van der Waals surface area (Å²) in [4.78, 5) is 38.9. The van der Waals surface area contributed by atoms with Gasteiger partial charge < -0.3 is 19.7 Å². The summed E-state index contributed by atoms with van der Waals surface area (Å²) in [7, 11) is 0. The van der Waals surface area contributed by atoms with Crippen molar-refractivity contribution in [3.63, 3.8) is 0 Å². The summed E-state index contributed by atoms with van der Waals surface area (Å²) in [6.07, 6.45) is 4.18. The van der Waals surface area contributed by atoms with Gasteiger partial charge in [-0.15, -0.1) is 0 Å². The summed E-state index contributed by atoms with van der Waals surface area (Å²) in [5.41, 5.74) is -0.567. The number of ether oxygens (including phenoxy) is 2. The van der Waals surface area contributed by atoms with E-state index in [-0.39, 0.29) is 29.8 Å². The van der Waals surface area contributed by atoms with Crippen molar-refractivity contribution in [2.24, 2.45) is 11.8 Å². The number of rotatable bonds is 9. The number of hydrogen-bond acceptors (Lipinski definition) is 5. The van der Waals surface area contributed by atoms with Gasteiger partial charge in [0.25, 0.3) is 0 Å². The van der Waals surface area contributed by atoms with Gasteiger partial charge in [0.1, 0.15) is 5.60 Å². The average molecular weight is 413 g/mol. The number of carbonyl (C=O) groups is 3. The maximum atomic E-state index is 13.2. The second kappa shape index (κ2) is 12.0. The standard InChI is InChI=1S/C22H40N2O5/c1-7-24(14-13-16(3)15-19(25)28-8-2)20(26)17-11-9-10-12-18(17)23-21(27)29-22(4,5)6/h16-18H,7-15H2,1-6H3,(H,23,27). The highest BCUT2D eigenvalue weighted by atomic mass is 16.6. The molecule has 0 radical (unpaired) electrons. The molecule has 168 valence electrons. The van der Waals surface area contributed by atoms with Crippen LogP contribution in [0.1, 0.15) is 80.1 Å². The van der Waals surface area contributed by atoms with Crippen molar-refractivity contribution in [2.75, 3.05) is 19.7 Å². The van der Waals surface area contributed by atoms with Gasteiger partial charge in [-0.3, -0.25) is 9.59 Å². The molecule has 7 heteroatoms. The van der Waals surface area contributed by atoms with Crippen LogP contribution in [0.25, 0.3) is 0 Å². The SMILES string of the molecule is CCOC(=O)CC(C)CCN(CC)C(=O)C1CCCCC1NC(=O)OC(C)(C)C. The third kappa shape index (κ3) is 9.50. The van der Waals surface area contributed by atoms with Crippen molar-refractivity contribution < 1.29 is 23.9 Å². The zero-order valence-corrected chi connectivity index (χ0v) is 19.1. The van der Waals surface area contributed by atoms with Gasteiger partial charge in [-0.2, -0.15) is 0 Å². The van der Waals surface area contributed by atoms with Crippen LogP contribution >= 0.6 is 0 Å². The Morgan fingerprint density at radius 3 is 2.38 bits per heavy atom. The first-order chi connectivity index (χ1) is 13.6. The molecule has 0 aromatic rings. The van der Waals surface area contributed by atoms with E-state index in [1.54, 1.807) is 6.92 Å². The molecule has 1 N–H and O–H groups in total. The van der Waals surface area contributed by atoms with Crippen LogP contribution in [0.3, 0.4) is 0 Å². The summed E-state index contributed by atoms with van der Waals surface area (Å²) >= 11 is 0. The lowest BCUT2D eigenvalue weighted by Gasteiger charge is -2.35. The van der Waals surface area contributed by atoms with Crippen LogP contribution in [0.5, 0.6) is 0 Å². The van der Waals surface area contributed by atoms with E-state index in [4.69, 9.17) is 9.47 Å².